The molecule has 0 atom stereocenters. The molecule has 0 spiro atoms. The van der Waals surface area contributed by atoms with Crippen molar-refractivity contribution in [3.05, 3.63) is 39.7 Å². The maximum absolute atomic E-state index is 11.8. The van der Waals surface area contributed by atoms with Gasteiger partial charge in [-0.05, 0) is 52.5 Å². The number of benzene rings is 1. The number of anilines is 1. The van der Waals surface area contributed by atoms with Gasteiger partial charge in [-0.15, -0.1) is 0 Å². The van der Waals surface area contributed by atoms with Crippen molar-refractivity contribution in [3.63, 3.8) is 0 Å². The maximum Gasteiger partial charge on any atom is 0.407 e. The van der Waals surface area contributed by atoms with E-state index in [1.807, 2.05) is 20.8 Å². The molecule has 1 amide bonds. The molecule has 1 aromatic carbocycles. The number of nitrogens with one attached hydrogen (secondary N) is 2. The van der Waals surface area contributed by atoms with Gasteiger partial charge in [0, 0.05) is 18.2 Å². The van der Waals surface area contributed by atoms with Crippen molar-refractivity contribution in [3.8, 4) is 0 Å². The fourth-order valence-corrected chi connectivity index (χ4v) is 2.94. The average Bonchev–Trinajstić information content (AvgIpc) is 2.55. The minimum atomic E-state index is -0.528. The van der Waals surface area contributed by atoms with Crippen molar-refractivity contribution in [2.24, 2.45) is 0 Å². The zero-order valence-electron chi connectivity index (χ0n) is 15.2. The first-order valence-corrected chi connectivity index (χ1v) is 8.60. The van der Waals surface area contributed by atoms with Crippen LogP contribution in [0.4, 0.5) is 21.9 Å². The van der Waals surface area contributed by atoms with Crippen LogP contribution in [-0.4, -0.2) is 28.7 Å². The lowest BCUT2D eigenvalue weighted by Gasteiger charge is -2.31. The summed E-state index contributed by atoms with van der Waals surface area (Å²) >= 11 is 0. The van der Waals surface area contributed by atoms with Crippen molar-refractivity contribution in [1.29, 1.82) is 0 Å². The van der Waals surface area contributed by atoms with Crippen LogP contribution >= 0.6 is 0 Å². The predicted molar refractivity (Wildman–Crippen MR) is 98.4 cm³/mol. The van der Waals surface area contributed by atoms with Gasteiger partial charge < -0.3 is 15.4 Å². The molecule has 0 radical (unpaired) electrons. The lowest BCUT2D eigenvalue weighted by atomic mass is 9.91. The largest absolute Gasteiger partial charge is 0.444 e. The molecule has 1 aliphatic carbocycles. The Morgan fingerprint density at radius 3 is 2.42 bits per heavy atom. The number of carbonyl (C=O) groups excluding carboxylic acids is 1. The third kappa shape index (κ3) is 5.62. The molecule has 0 aromatic heterocycles. The van der Waals surface area contributed by atoms with E-state index in [0.717, 1.165) is 25.7 Å². The monoisotopic (exact) mass is 360 g/mol. The van der Waals surface area contributed by atoms with E-state index in [9.17, 15) is 14.9 Å². The summed E-state index contributed by atoms with van der Waals surface area (Å²) in [7, 11) is 0. The maximum atomic E-state index is 11.8. The molecule has 2 rings (SSSR count). The Balaban J connectivity index is 1.90. The van der Waals surface area contributed by atoms with Crippen LogP contribution in [0.25, 0.3) is 4.85 Å². The normalized spacial score (nSPS) is 19.9. The second-order valence-electron chi connectivity index (χ2n) is 7.41. The number of carbonyl (C=O) groups is 1. The molecule has 8 heteroatoms. The van der Waals surface area contributed by atoms with Gasteiger partial charge in [0.25, 0.3) is 5.69 Å². The van der Waals surface area contributed by atoms with Gasteiger partial charge in [0.2, 0.25) is 0 Å². The summed E-state index contributed by atoms with van der Waals surface area (Å²) < 4.78 is 5.26. The molecule has 1 aromatic rings. The van der Waals surface area contributed by atoms with Gasteiger partial charge in [-0.1, -0.05) is 6.07 Å². The first kappa shape index (κ1) is 19.5. The molecule has 1 aliphatic rings. The highest BCUT2D eigenvalue weighted by molar-refractivity contribution is 5.69. The van der Waals surface area contributed by atoms with E-state index >= 15 is 0 Å². The van der Waals surface area contributed by atoms with Crippen molar-refractivity contribution in [2.75, 3.05) is 5.32 Å². The number of ether oxygens (including phenoxy) is 1. The molecule has 1 fully saturated rings. The molecule has 0 aliphatic heterocycles. The van der Waals surface area contributed by atoms with Crippen LogP contribution in [0.15, 0.2) is 18.2 Å². The summed E-state index contributed by atoms with van der Waals surface area (Å²) in [4.78, 5) is 25.8. The van der Waals surface area contributed by atoms with Crippen molar-refractivity contribution >= 4 is 23.2 Å². The van der Waals surface area contributed by atoms with Gasteiger partial charge in [-0.25, -0.2) is 9.64 Å². The Kier molecular flexibility index (Phi) is 6.03. The molecule has 1 saturated carbocycles. The van der Waals surface area contributed by atoms with Crippen LogP contribution in [0, 0.1) is 16.7 Å². The van der Waals surface area contributed by atoms with Gasteiger partial charge in [-0.3, -0.25) is 10.1 Å². The zero-order valence-corrected chi connectivity index (χ0v) is 15.2. The molecule has 0 heterocycles. The molecule has 0 unspecified atom stereocenters. The minimum Gasteiger partial charge on any atom is -0.444 e. The molecule has 26 heavy (non-hydrogen) atoms. The lowest BCUT2D eigenvalue weighted by Crippen LogP contribution is -2.42. The van der Waals surface area contributed by atoms with E-state index < -0.39 is 16.6 Å². The topological polar surface area (TPSA) is 97.9 Å². The Morgan fingerprint density at radius 2 is 1.88 bits per heavy atom. The summed E-state index contributed by atoms with van der Waals surface area (Å²) in [6, 6.07) is 4.56. The number of nitrogens with zero attached hydrogens (tertiary/aromatic N) is 2. The highest BCUT2D eigenvalue weighted by atomic mass is 16.6. The third-order valence-electron chi connectivity index (χ3n) is 4.11. The van der Waals surface area contributed by atoms with Crippen LogP contribution in [0.1, 0.15) is 46.5 Å². The number of alkyl carbamates (subject to hydrolysis) is 1. The Labute approximate surface area is 152 Å². The highest BCUT2D eigenvalue weighted by Gasteiger charge is 2.26. The third-order valence-corrected chi connectivity index (χ3v) is 4.11. The van der Waals surface area contributed by atoms with Gasteiger partial charge in [0.15, 0.2) is 5.69 Å². The Hall–Kier alpha value is -2.82. The quantitative estimate of drug-likeness (QED) is 0.471. The standard InChI is InChI=1S/C18H24N4O4/c1-18(2,3)26-17(23)21-13-7-5-12(6-8-13)20-15-10-9-14(19-4)11-16(15)22(24)25/h9-13,20H,5-8H2,1-3H3,(H,21,23). The fourth-order valence-electron chi connectivity index (χ4n) is 2.94. The number of rotatable bonds is 4. The van der Waals surface area contributed by atoms with Gasteiger partial charge in [0.05, 0.1) is 11.5 Å². The number of nitro groups is 1. The van der Waals surface area contributed by atoms with E-state index in [1.165, 1.54) is 6.07 Å². The summed E-state index contributed by atoms with van der Waals surface area (Å²) in [6.07, 6.45) is 2.68. The lowest BCUT2D eigenvalue weighted by molar-refractivity contribution is -0.383. The van der Waals surface area contributed by atoms with Crippen molar-refractivity contribution in [1.82, 2.24) is 5.32 Å². The number of amides is 1. The van der Waals surface area contributed by atoms with Crippen LogP contribution in [0.3, 0.4) is 0 Å². The second-order valence-corrected chi connectivity index (χ2v) is 7.41. The molecule has 140 valence electrons. The number of hydrogen-bond acceptors (Lipinski definition) is 5. The second kappa shape index (κ2) is 8.04. The first-order chi connectivity index (χ1) is 12.2. The van der Waals surface area contributed by atoms with E-state index in [-0.39, 0.29) is 23.5 Å². The first-order valence-electron chi connectivity index (χ1n) is 8.60. The molecular weight excluding hydrogens is 336 g/mol. The molecular formula is C18H24N4O4. The highest BCUT2D eigenvalue weighted by Crippen LogP contribution is 2.32. The minimum absolute atomic E-state index is 0.0439. The van der Waals surface area contributed by atoms with E-state index in [2.05, 4.69) is 15.5 Å². The molecule has 8 nitrogen and oxygen atoms in total. The van der Waals surface area contributed by atoms with E-state index in [4.69, 9.17) is 11.3 Å². The molecule has 0 saturated heterocycles. The Bertz CT molecular complexity index is 713. The van der Waals surface area contributed by atoms with E-state index in [0.29, 0.717) is 5.69 Å². The van der Waals surface area contributed by atoms with Crippen LogP contribution in [-0.2, 0) is 4.74 Å². The van der Waals surface area contributed by atoms with Gasteiger partial charge in [-0.2, -0.15) is 0 Å². The van der Waals surface area contributed by atoms with Crippen LogP contribution in [0.5, 0.6) is 0 Å². The van der Waals surface area contributed by atoms with Gasteiger partial charge in [0.1, 0.15) is 11.3 Å². The van der Waals surface area contributed by atoms with Crippen molar-refractivity contribution < 1.29 is 14.5 Å². The van der Waals surface area contributed by atoms with E-state index in [1.54, 1.807) is 12.1 Å². The van der Waals surface area contributed by atoms with Crippen molar-refractivity contribution in [2.45, 2.75) is 64.1 Å². The average molecular weight is 360 g/mol. The summed E-state index contributed by atoms with van der Waals surface area (Å²) in [5.41, 5.74) is 0.0465. The molecule has 2 N–H and O–H groups in total. The zero-order chi connectivity index (χ0) is 19.3. The number of nitro benzene ring substituents is 1. The SMILES string of the molecule is [C-]#[N+]c1ccc(NC2CCC(NC(=O)OC(C)(C)C)CC2)c([N+](=O)[O-])c1. The summed E-state index contributed by atoms with van der Waals surface area (Å²) in [5.74, 6) is 0. The summed E-state index contributed by atoms with van der Waals surface area (Å²) in [5, 5.41) is 17.3. The fraction of sp³-hybridized carbons (Fsp3) is 0.556. The predicted octanol–water partition coefficient (Wildman–Crippen LogP) is 4.39. The van der Waals surface area contributed by atoms with Gasteiger partial charge >= 0.3 is 6.09 Å². The number of hydrogen-bond donors (Lipinski definition) is 2. The van der Waals surface area contributed by atoms with Crippen LogP contribution in [0.2, 0.25) is 0 Å². The molecule has 0 bridgehead atoms. The summed E-state index contributed by atoms with van der Waals surface area (Å²) in [6.45, 7) is 12.4. The van der Waals surface area contributed by atoms with Crippen LogP contribution < -0.4 is 10.6 Å². The smallest absolute Gasteiger partial charge is 0.407 e. The Morgan fingerprint density at radius 1 is 1.27 bits per heavy atom.